The smallest absolute Gasteiger partial charge is 0.256 e. The first kappa shape index (κ1) is 14.4. The number of aliphatic hydroxyl groups is 1. The van der Waals surface area contributed by atoms with E-state index in [0.717, 1.165) is 0 Å². The maximum absolute atomic E-state index is 11.8. The Morgan fingerprint density at radius 1 is 1.36 bits per heavy atom. The molecule has 8 heteroatoms. The summed E-state index contributed by atoms with van der Waals surface area (Å²) in [4.78, 5) is 15.9. The molecule has 1 amide bonds. The summed E-state index contributed by atoms with van der Waals surface area (Å²) in [5.74, 6) is -0.843. The highest BCUT2D eigenvalue weighted by molar-refractivity contribution is 7.13. The first-order chi connectivity index (χ1) is 10.6. The van der Waals surface area contributed by atoms with E-state index in [4.69, 9.17) is 5.73 Å². The first-order valence-electron chi connectivity index (χ1n) is 6.47. The van der Waals surface area contributed by atoms with E-state index in [-0.39, 0.29) is 6.54 Å². The van der Waals surface area contributed by atoms with Gasteiger partial charge in [0.25, 0.3) is 5.91 Å². The lowest BCUT2D eigenvalue weighted by molar-refractivity contribution is -0.139. The zero-order valence-electron chi connectivity index (χ0n) is 11.5. The van der Waals surface area contributed by atoms with E-state index in [0.29, 0.717) is 16.3 Å². The van der Waals surface area contributed by atoms with Gasteiger partial charge in [0.05, 0.1) is 12.7 Å². The van der Waals surface area contributed by atoms with Gasteiger partial charge < -0.3 is 10.8 Å². The summed E-state index contributed by atoms with van der Waals surface area (Å²) in [6.07, 6.45) is 3.29. The highest BCUT2D eigenvalue weighted by Gasteiger charge is 2.37. The Bertz CT molecular complexity index is 772. The van der Waals surface area contributed by atoms with Crippen molar-refractivity contribution in [3.63, 3.8) is 0 Å². The molecule has 0 aliphatic carbocycles. The molecule has 0 saturated heterocycles. The van der Waals surface area contributed by atoms with Crippen molar-refractivity contribution in [1.29, 1.82) is 0 Å². The Kier molecular flexibility index (Phi) is 3.70. The van der Waals surface area contributed by atoms with Gasteiger partial charge in [-0.3, -0.25) is 4.79 Å². The second-order valence-electron chi connectivity index (χ2n) is 4.73. The molecule has 3 aromatic rings. The number of hydrogen-bond donors (Lipinski definition) is 2. The normalized spacial score (nSPS) is 13.7. The Balaban J connectivity index is 1.91. The maximum atomic E-state index is 11.8. The second-order valence-corrected chi connectivity index (χ2v) is 5.62. The van der Waals surface area contributed by atoms with Gasteiger partial charge in [0, 0.05) is 11.6 Å². The molecule has 0 aliphatic heterocycles. The molecule has 1 unspecified atom stereocenters. The SMILES string of the molecule is NC(=O)C(O)(Cn1cc(-c2nccs2)nn1)c1ccccc1. The van der Waals surface area contributed by atoms with E-state index in [1.54, 1.807) is 42.7 Å². The summed E-state index contributed by atoms with van der Waals surface area (Å²) in [6, 6.07) is 8.53. The zero-order chi connectivity index (χ0) is 15.6. The van der Waals surface area contributed by atoms with Crippen molar-refractivity contribution in [3.8, 4) is 10.7 Å². The highest BCUT2D eigenvalue weighted by atomic mass is 32.1. The van der Waals surface area contributed by atoms with Crippen molar-refractivity contribution in [2.24, 2.45) is 5.73 Å². The van der Waals surface area contributed by atoms with Crippen LogP contribution < -0.4 is 5.73 Å². The van der Waals surface area contributed by atoms with Crippen LogP contribution in [-0.4, -0.2) is 31.0 Å². The fourth-order valence-electron chi connectivity index (χ4n) is 2.08. The number of rotatable bonds is 5. The fraction of sp³-hybridized carbons (Fsp3) is 0.143. The molecule has 7 nitrogen and oxygen atoms in total. The minimum Gasteiger partial charge on any atom is -0.374 e. The third-order valence-corrected chi connectivity index (χ3v) is 4.04. The molecular weight excluding hydrogens is 302 g/mol. The number of amides is 1. The van der Waals surface area contributed by atoms with Gasteiger partial charge in [0.1, 0.15) is 10.7 Å². The van der Waals surface area contributed by atoms with Gasteiger partial charge in [-0.2, -0.15) is 0 Å². The lowest BCUT2D eigenvalue weighted by atomic mass is 9.93. The molecule has 0 fully saturated rings. The lowest BCUT2D eigenvalue weighted by Gasteiger charge is -2.24. The quantitative estimate of drug-likeness (QED) is 0.723. The maximum Gasteiger partial charge on any atom is 0.256 e. The monoisotopic (exact) mass is 315 g/mol. The summed E-state index contributed by atoms with van der Waals surface area (Å²) in [5.41, 5.74) is 4.53. The third kappa shape index (κ3) is 2.61. The summed E-state index contributed by atoms with van der Waals surface area (Å²) in [6.45, 7) is -0.120. The predicted octanol–water partition coefficient (Wildman–Crippen LogP) is 0.775. The average Bonchev–Trinajstić information content (AvgIpc) is 3.18. The van der Waals surface area contributed by atoms with Crippen LogP contribution in [0.15, 0.2) is 48.1 Å². The number of carbonyl (C=O) groups is 1. The summed E-state index contributed by atoms with van der Waals surface area (Å²) in [7, 11) is 0. The van der Waals surface area contributed by atoms with Gasteiger partial charge in [-0.15, -0.1) is 16.4 Å². The Labute approximate surface area is 130 Å². The largest absolute Gasteiger partial charge is 0.374 e. The van der Waals surface area contributed by atoms with Gasteiger partial charge in [0.2, 0.25) is 0 Å². The average molecular weight is 315 g/mol. The molecule has 2 heterocycles. The second kappa shape index (κ2) is 5.66. The van der Waals surface area contributed by atoms with E-state index in [9.17, 15) is 9.90 Å². The summed E-state index contributed by atoms with van der Waals surface area (Å²) in [5, 5.41) is 21.1. The van der Waals surface area contributed by atoms with Crippen LogP contribution in [0, 0.1) is 0 Å². The number of hydrogen-bond acceptors (Lipinski definition) is 6. The number of primary amides is 1. The molecule has 112 valence electrons. The minimum absolute atomic E-state index is 0.120. The van der Waals surface area contributed by atoms with Gasteiger partial charge in [0.15, 0.2) is 5.60 Å². The molecule has 0 spiro atoms. The van der Waals surface area contributed by atoms with Gasteiger partial charge in [-0.05, 0) is 5.56 Å². The van der Waals surface area contributed by atoms with Crippen LogP contribution in [0.3, 0.4) is 0 Å². The molecule has 0 aliphatic rings. The summed E-state index contributed by atoms with van der Waals surface area (Å²) < 4.78 is 1.38. The fourth-order valence-corrected chi connectivity index (χ4v) is 2.67. The number of thiazole rings is 1. The van der Waals surface area contributed by atoms with Crippen molar-refractivity contribution in [2.75, 3.05) is 0 Å². The van der Waals surface area contributed by atoms with Crippen LogP contribution in [0.2, 0.25) is 0 Å². The minimum atomic E-state index is -1.85. The standard InChI is InChI=1S/C14H13N5O2S/c15-13(20)14(21,10-4-2-1-3-5-10)9-19-8-11(17-18-19)12-16-6-7-22-12/h1-8,21H,9H2,(H2,15,20). The lowest BCUT2D eigenvalue weighted by Crippen LogP contribution is -2.44. The van der Waals surface area contributed by atoms with Crippen LogP contribution in [0.25, 0.3) is 10.7 Å². The van der Waals surface area contributed by atoms with E-state index in [1.807, 2.05) is 5.38 Å². The van der Waals surface area contributed by atoms with Gasteiger partial charge in [-0.1, -0.05) is 35.5 Å². The van der Waals surface area contributed by atoms with Crippen molar-refractivity contribution in [3.05, 3.63) is 53.7 Å². The molecule has 22 heavy (non-hydrogen) atoms. The molecular formula is C14H13N5O2S. The third-order valence-electron chi connectivity index (χ3n) is 3.24. The van der Waals surface area contributed by atoms with E-state index in [2.05, 4.69) is 15.3 Å². The van der Waals surface area contributed by atoms with Crippen LogP contribution in [0.5, 0.6) is 0 Å². The van der Waals surface area contributed by atoms with Crippen molar-refractivity contribution < 1.29 is 9.90 Å². The van der Waals surface area contributed by atoms with Crippen molar-refractivity contribution in [1.82, 2.24) is 20.0 Å². The van der Waals surface area contributed by atoms with E-state index in [1.165, 1.54) is 16.0 Å². The molecule has 0 radical (unpaired) electrons. The molecule has 1 atom stereocenters. The molecule has 3 rings (SSSR count). The number of carbonyl (C=O) groups excluding carboxylic acids is 1. The predicted molar refractivity (Wildman–Crippen MR) is 80.7 cm³/mol. The Morgan fingerprint density at radius 2 is 2.14 bits per heavy atom. The highest BCUT2D eigenvalue weighted by Crippen LogP contribution is 2.24. The Morgan fingerprint density at radius 3 is 2.77 bits per heavy atom. The number of benzene rings is 1. The topological polar surface area (TPSA) is 107 Å². The molecule has 0 saturated carbocycles. The van der Waals surface area contributed by atoms with Crippen LogP contribution in [0.1, 0.15) is 5.56 Å². The van der Waals surface area contributed by atoms with Gasteiger partial charge >= 0.3 is 0 Å². The summed E-state index contributed by atoms with van der Waals surface area (Å²) >= 11 is 1.43. The molecule has 1 aromatic carbocycles. The first-order valence-corrected chi connectivity index (χ1v) is 7.35. The Hall–Kier alpha value is -2.58. The number of aromatic nitrogens is 4. The number of nitrogens with two attached hydrogens (primary N) is 1. The zero-order valence-corrected chi connectivity index (χ0v) is 12.3. The number of nitrogens with zero attached hydrogens (tertiary/aromatic N) is 4. The molecule has 0 bridgehead atoms. The van der Waals surface area contributed by atoms with Crippen molar-refractivity contribution in [2.45, 2.75) is 12.1 Å². The van der Waals surface area contributed by atoms with Crippen molar-refractivity contribution >= 4 is 17.2 Å². The van der Waals surface area contributed by atoms with Gasteiger partial charge in [-0.25, -0.2) is 9.67 Å². The van der Waals surface area contributed by atoms with E-state index < -0.39 is 11.5 Å². The molecule has 3 N–H and O–H groups in total. The van der Waals surface area contributed by atoms with Crippen LogP contribution in [-0.2, 0) is 16.9 Å². The molecule has 2 aromatic heterocycles. The van der Waals surface area contributed by atoms with Crippen LogP contribution in [0.4, 0.5) is 0 Å². The van der Waals surface area contributed by atoms with E-state index >= 15 is 0 Å². The van der Waals surface area contributed by atoms with Crippen LogP contribution >= 0.6 is 11.3 Å².